The zero-order valence-corrected chi connectivity index (χ0v) is 10.3. The van der Waals surface area contributed by atoms with Crippen molar-refractivity contribution in [3.05, 3.63) is 59.2 Å². The highest BCUT2D eigenvalue weighted by Crippen LogP contribution is 2.29. The summed E-state index contributed by atoms with van der Waals surface area (Å²) in [7, 11) is 0. The van der Waals surface area contributed by atoms with Crippen molar-refractivity contribution >= 4 is 5.78 Å². The van der Waals surface area contributed by atoms with Gasteiger partial charge in [-0.3, -0.25) is 4.79 Å². The van der Waals surface area contributed by atoms with Gasteiger partial charge in [-0.2, -0.15) is 0 Å². The highest BCUT2D eigenvalue weighted by Gasteiger charge is 2.14. The van der Waals surface area contributed by atoms with Crippen molar-refractivity contribution in [3.63, 3.8) is 0 Å². The third-order valence-corrected chi connectivity index (χ3v) is 3.34. The van der Waals surface area contributed by atoms with Crippen LogP contribution in [0.5, 0.6) is 0 Å². The third-order valence-electron chi connectivity index (χ3n) is 3.34. The van der Waals surface area contributed by atoms with E-state index in [1.54, 1.807) is 6.92 Å². The first-order chi connectivity index (χ1) is 8.75. The first kappa shape index (κ1) is 11.2. The van der Waals surface area contributed by atoms with E-state index < -0.39 is 0 Å². The quantitative estimate of drug-likeness (QED) is 0.747. The number of carbonyl (C=O) groups excluding carboxylic acids is 1. The number of rotatable bonds is 2. The molecule has 18 heavy (non-hydrogen) atoms. The van der Waals surface area contributed by atoms with Crippen molar-refractivity contribution in [2.75, 3.05) is 0 Å². The molecule has 0 aliphatic carbocycles. The molecule has 0 aromatic heterocycles. The van der Waals surface area contributed by atoms with E-state index in [0.717, 1.165) is 16.7 Å². The van der Waals surface area contributed by atoms with Gasteiger partial charge in [0.15, 0.2) is 5.78 Å². The monoisotopic (exact) mass is 238 g/mol. The minimum Gasteiger partial charge on any atom is -0.372 e. The van der Waals surface area contributed by atoms with Crippen LogP contribution in [0.4, 0.5) is 0 Å². The third kappa shape index (κ3) is 1.85. The Labute approximate surface area is 106 Å². The summed E-state index contributed by atoms with van der Waals surface area (Å²) >= 11 is 0. The molecule has 0 spiro atoms. The average Bonchev–Trinajstić information content (AvgIpc) is 2.85. The Balaban J connectivity index is 2.13. The van der Waals surface area contributed by atoms with Crippen LogP contribution in [0.2, 0.25) is 0 Å². The second-order valence-electron chi connectivity index (χ2n) is 4.58. The van der Waals surface area contributed by atoms with Gasteiger partial charge in [0.2, 0.25) is 0 Å². The van der Waals surface area contributed by atoms with Gasteiger partial charge in [0, 0.05) is 5.56 Å². The zero-order chi connectivity index (χ0) is 12.5. The molecule has 2 nitrogen and oxygen atoms in total. The van der Waals surface area contributed by atoms with E-state index in [-0.39, 0.29) is 5.78 Å². The van der Waals surface area contributed by atoms with Crippen LogP contribution < -0.4 is 0 Å². The topological polar surface area (TPSA) is 26.3 Å². The van der Waals surface area contributed by atoms with Gasteiger partial charge in [0.05, 0.1) is 13.2 Å². The Morgan fingerprint density at radius 3 is 2.67 bits per heavy atom. The molecule has 0 fully saturated rings. The lowest BCUT2D eigenvalue weighted by molar-refractivity contribution is 0.101. The summed E-state index contributed by atoms with van der Waals surface area (Å²) in [5.41, 5.74) is 5.34. The first-order valence-electron chi connectivity index (χ1n) is 6.05. The average molecular weight is 238 g/mol. The molecule has 0 saturated carbocycles. The molecule has 0 saturated heterocycles. The van der Waals surface area contributed by atoms with Crippen molar-refractivity contribution in [3.8, 4) is 11.1 Å². The summed E-state index contributed by atoms with van der Waals surface area (Å²) in [6.07, 6.45) is 0. The van der Waals surface area contributed by atoms with E-state index in [4.69, 9.17) is 4.74 Å². The van der Waals surface area contributed by atoms with Gasteiger partial charge in [0.25, 0.3) is 0 Å². The van der Waals surface area contributed by atoms with Gasteiger partial charge in [-0.25, -0.2) is 0 Å². The Kier molecular flexibility index (Phi) is 2.73. The molecule has 0 N–H and O–H groups in total. The van der Waals surface area contributed by atoms with Crippen LogP contribution in [0.3, 0.4) is 0 Å². The molecule has 1 aliphatic heterocycles. The van der Waals surface area contributed by atoms with Crippen molar-refractivity contribution in [2.24, 2.45) is 0 Å². The summed E-state index contributed by atoms with van der Waals surface area (Å²) in [4.78, 5) is 11.6. The van der Waals surface area contributed by atoms with Crippen LogP contribution in [-0.2, 0) is 18.0 Å². The highest BCUT2D eigenvalue weighted by molar-refractivity contribution is 6.00. The van der Waals surface area contributed by atoms with Crippen molar-refractivity contribution in [2.45, 2.75) is 20.1 Å². The molecular weight excluding hydrogens is 224 g/mol. The van der Waals surface area contributed by atoms with E-state index in [1.165, 1.54) is 11.1 Å². The van der Waals surface area contributed by atoms with E-state index in [2.05, 4.69) is 18.2 Å². The van der Waals surface area contributed by atoms with Gasteiger partial charge in [-0.15, -0.1) is 0 Å². The molecule has 0 bridgehead atoms. The minimum atomic E-state index is 0.0994. The fourth-order valence-corrected chi connectivity index (χ4v) is 2.38. The molecule has 2 heteroatoms. The Bertz CT molecular complexity index is 614. The van der Waals surface area contributed by atoms with Crippen LogP contribution >= 0.6 is 0 Å². The van der Waals surface area contributed by atoms with E-state index in [0.29, 0.717) is 13.2 Å². The van der Waals surface area contributed by atoms with E-state index in [1.807, 2.05) is 24.3 Å². The van der Waals surface area contributed by atoms with Crippen molar-refractivity contribution in [1.29, 1.82) is 0 Å². The van der Waals surface area contributed by atoms with Gasteiger partial charge in [0.1, 0.15) is 0 Å². The number of ether oxygens (including phenoxy) is 1. The van der Waals surface area contributed by atoms with Crippen LogP contribution in [-0.4, -0.2) is 5.78 Å². The Morgan fingerprint density at radius 1 is 1.06 bits per heavy atom. The van der Waals surface area contributed by atoms with Crippen molar-refractivity contribution in [1.82, 2.24) is 0 Å². The van der Waals surface area contributed by atoms with Gasteiger partial charge >= 0.3 is 0 Å². The van der Waals surface area contributed by atoms with Gasteiger partial charge in [-0.1, -0.05) is 36.4 Å². The van der Waals surface area contributed by atoms with E-state index >= 15 is 0 Å². The summed E-state index contributed by atoms with van der Waals surface area (Å²) in [6.45, 7) is 2.98. The normalized spacial score (nSPS) is 13.4. The molecule has 3 rings (SSSR count). The predicted molar refractivity (Wildman–Crippen MR) is 70.4 cm³/mol. The predicted octanol–water partition coefficient (Wildman–Crippen LogP) is 3.59. The summed E-state index contributed by atoms with van der Waals surface area (Å²) < 4.78 is 5.42. The number of carbonyl (C=O) groups is 1. The lowest BCUT2D eigenvalue weighted by Gasteiger charge is -2.08. The van der Waals surface area contributed by atoms with Gasteiger partial charge < -0.3 is 4.74 Å². The maximum absolute atomic E-state index is 11.6. The SMILES string of the molecule is CC(=O)c1ccccc1-c1ccc2c(c1)COC2. The van der Waals surface area contributed by atoms with Crippen LogP contribution in [0.25, 0.3) is 11.1 Å². The lowest BCUT2D eigenvalue weighted by Crippen LogP contribution is -1.96. The number of fused-ring (bicyclic) bond motifs is 1. The molecule has 0 atom stereocenters. The standard InChI is InChI=1S/C16H14O2/c1-11(17)15-4-2-3-5-16(15)12-6-7-13-9-18-10-14(13)8-12/h2-8H,9-10H2,1H3. The molecule has 1 heterocycles. The van der Waals surface area contributed by atoms with Crippen LogP contribution in [0.1, 0.15) is 28.4 Å². The Morgan fingerprint density at radius 2 is 1.83 bits per heavy atom. The fraction of sp³-hybridized carbons (Fsp3) is 0.188. The largest absolute Gasteiger partial charge is 0.372 e. The van der Waals surface area contributed by atoms with Crippen LogP contribution in [0, 0.1) is 0 Å². The summed E-state index contributed by atoms with van der Waals surface area (Å²) in [6, 6.07) is 14.0. The molecular formula is C16H14O2. The van der Waals surface area contributed by atoms with Crippen LogP contribution in [0.15, 0.2) is 42.5 Å². The minimum absolute atomic E-state index is 0.0994. The number of ketones is 1. The second-order valence-corrected chi connectivity index (χ2v) is 4.58. The number of hydrogen-bond acceptors (Lipinski definition) is 2. The molecule has 2 aromatic rings. The maximum Gasteiger partial charge on any atom is 0.160 e. The molecule has 2 aromatic carbocycles. The lowest BCUT2D eigenvalue weighted by atomic mass is 9.95. The summed E-state index contributed by atoms with van der Waals surface area (Å²) in [5, 5.41) is 0. The number of benzene rings is 2. The van der Waals surface area contributed by atoms with Crippen molar-refractivity contribution < 1.29 is 9.53 Å². The molecule has 90 valence electrons. The zero-order valence-electron chi connectivity index (χ0n) is 10.3. The van der Waals surface area contributed by atoms with E-state index in [9.17, 15) is 4.79 Å². The number of hydrogen-bond donors (Lipinski definition) is 0. The van der Waals surface area contributed by atoms with Gasteiger partial charge in [-0.05, 0) is 35.2 Å². The first-order valence-corrected chi connectivity index (χ1v) is 6.05. The molecule has 0 radical (unpaired) electrons. The smallest absolute Gasteiger partial charge is 0.160 e. The highest BCUT2D eigenvalue weighted by atomic mass is 16.5. The second kappa shape index (κ2) is 4.39. The fourth-order valence-electron chi connectivity index (χ4n) is 2.38. The molecule has 1 aliphatic rings. The molecule has 0 unspecified atom stereocenters. The molecule has 0 amide bonds. The number of Topliss-reactive ketones (excluding diaryl/α,β-unsaturated/α-hetero) is 1. The summed E-state index contributed by atoms with van der Waals surface area (Å²) in [5.74, 6) is 0.0994. The Hall–Kier alpha value is -1.93. The maximum atomic E-state index is 11.6.